The van der Waals surface area contributed by atoms with E-state index in [-0.39, 0.29) is 62.5 Å². The molecule has 1 aromatic rings. The van der Waals surface area contributed by atoms with Crippen molar-refractivity contribution in [1.29, 1.82) is 0 Å². The number of benzene rings is 1. The predicted molar refractivity (Wildman–Crippen MR) is 43.0 cm³/mol. The van der Waals surface area contributed by atoms with Crippen molar-refractivity contribution in [2.45, 2.75) is 6.61 Å². The molecule has 0 aliphatic rings. The summed E-state index contributed by atoms with van der Waals surface area (Å²) in [7, 11) is 0. The van der Waals surface area contributed by atoms with E-state index >= 15 is 0 Å². The molecule has 1 rings (SSSR count). The second kappa shape index (κ2) is 6.30. The average molecular weight is 215 g/mol. The molecule has 0 bridgehead atoms. The number of nitrogens with zero attached hydrogens (tertiary/aromatic N) is 1. The van der Waals surface area contributed by atoms with Crippen molar-refractivity contribution in [2.24, 2.45) is 0 Å². The van der Waals surface area contributed by atoms with Crippen molar-refractivity contribution < 1.29 is 66.4 Å². The molecular formula is C9H6KNO3. The summed E-state index contributed by atoms with van der Waals surface area (Å²) in [4.78, 5) is 13.6. The minimum atomic E-state index is -1.35. The fraction of sp³-hybridized carbons (Fsp3) is 0.111. The summed E-state index contributed by atoms with van der Waals surface area (Å²) in [6.07, 6.45) is 0. The molecule has 0 saturated carbocycles. The van der Waals surface area contributed by atoms with Gasteiger partial charge in [-0.05, 0) is 5.56 Å². The smallest absolute Gasteiger partial charge is 0.545 e. The Morgan fingerprint density at radius 3 is 2.64 bits per heavy atom. The van der Waals surface area contributed by atoms with Crippen LogP contribution in [0, 0.1) is 6.57 Å². The first kappa shape index (κ1) is 13.8. The van der Waals surface area contributed by atoms with Gasteiger partial charge in [0, 0.05) is 5.56 Å². The molecular weight excluding hydrogens is 209 g/mol. The first-order chi connectivity index (χ1) is 6.19. The van der Waals surface area contributed by atoms with Crippen LogP contribution in [0.15, 0.2) is 18.2 Å². The van der Waals surface area contributed by atoms with E-state index in [0.29, 0.717) is 5.69 Å². The van der Waals surface area contributed by atoms with Crippen molar-refractivity contribution in [2.75, 3.05) is 0 Å². The molecule has 0 amide bonds. The van der Waals surface area contributed by atoms with E-state index in [1.807, 2.05) is 0 Å². The number of carboxylic acids is 1. The van der Waals surface area contributed by atoms with E-state index in [0.717, 1.165) is 0 Å². The van der Waals surface area contributed by atoms with Gasteiger partial charge in [0.25, 0.3) is 0 Å². The van der Waals surface area contributed by atoms with Gasteiger partial charge in [-0.2, -0.15) is 0 Å². The Morgan fingerprint density at radius 2 is 2.21 bits per heavy atom. The molecule has 0 spiro atoms. The summed E-state index contributed by atoms with van der Waals surface area (Å²) in [5.74, 6) is -1.35. The molecule has 0 aliphatic carbocycles. The molecule has 0 fully saturated rings. The molecule has 0 heterocycles. The first-order valence-electron chi connectivity index (χ1n) is 3.51. The molecule has 66 valence electrons. The molecule has 0 atom stereocenters. The molecule has 0 aliphatic heterocycles. The van der Waals surface area contributed by atoms with Crippen molar-refractivity contribution in [1.82, 2.24) is 0 Å². The number of carbonyl (C=O) groups is 1. The van der Waals surface area contributed by atoms with E-state index in [1.165, 1.54) is 18.2 Å². The normalized spacial score (nSPS) is 8.57. The summed E-state index contributed by atoms with van der Waals surface area (Å²) in [6.45, 7) is 6.26. The van der Waals surface area contributed by atoms with Crippen LogP contribution in [-0.2, 0) is 6.61 Å². The van der Waals surface area contributed by atoms with Crippen molar-refractivity contribution in [3.8, 4) is 0 Å². The molecule has 14 heavy (non-hydrogen) atoms. The minimum absolute atomic E-state index is 0. The van der Waals surface area contributed by atoms with E-state index in [1.54, 1.807) is 0 Å². The number of carbonyl (C=O) groups excluding carboxylic acids is 1. The number of aromatic carboxylic acids is 1. The van der Waals surface area contributed by atoms with Gasteiger partial charge in [-0.1, -0.05) is 18.2 Å². The third kappa shape index (κ3) is 3.17. The van der Waals surface area contributed by atoms with Gasteiger partial charge < -0.3 is 15.0 Å². The predicted octanol–water partition coefficient (Wildman–Crippen LogP) is -2.90. The molecule has 1 aromatic carbocycles. The fourth-order valence-corrected chi connectivity index (χ4v) is 0.980. The van der Waals surface area contributed by atoms with Gasteiger partial charge in [-0.15, -0.1) is 0 Å². The summed E-state index contributed by atoms with van der Waals surface area (Å²) in [6, 6.07) is 3.96. The summed E-state index contributed by atoms with van der Waals surface area (Å²) >= 11 is 0. The maximum Gasteiger partial charge on any atom is 1.00 e. The zero-order valence-corrected chi connectivity index (χ0v) is 10.8. The van der Waals surface area contributed by atoms with Crippen LogP contribution in [0.1, 0.15) is 15.9 Å². The van der Waals surface area contributed by atoms with Crippen LogP contribution in [0.2, 0.25) is 0 Å². The van der Waals surface area contributed by atoms with Crippen molar-refractivity contribution in [3.05, 3.63) is 40.7 Å². The number of aliphatic hydroxyl groups is 1. The largest absolute Gasteiger partial charge is 1.00 e. The number of hydrogen-bond donors (Lipinski definition) is 1. The standard InChI is InChI=1S/C9H7NO3.K/c1-10-7-2-3-8(9(12)13)6(4-7)5-11;/h2-4,11H,5H2,(H,12,13);/q;+1/p-1. The number of aliphatic hydroxyl groups excluding tert-OH is 1. The van der Waals surface area contributed by atoms with E-state index < -0.39 is 12.6 Å². The van der Waals surface area contributed by atoms with Gasteiger partial charge in [-0.3, -0.25) is 0 Å². The van der Waals surface area contributed by atoms with Gasteiger partial charge in [0.2, 0.25) is 0 Å². The number of rotatable bonds is 2. The van der Waals surface area contributed by atoms with E-state index in [9.17, 15) is 9.90 Å². The quantitative estimate of drug-likeness (QED) is 0.425. The SMILES string of the molecule is [C-]#[N+]c1ccc(C(=O)[O-])c(CO)c1.[K+]. The van der Waals surface area contributed by atoms with E-state index in [4.69, 9.17) is 11.7 Å². The monoisotopic (exact) mass is 215 g/mol. The second-order valence-electron chi connectivity index (χ2n) is 2.40. The summed E-state index contributed by atoms with van der Waals surface area (Å²) < 4.78 is 0. The third-order valence-corrected chi connectivity index (χ3v) is 1.61. The molecule has 4 nitrogen and oxygen atoms in total. The molecule has 0 radical (unpaired) electrons. The molecule has 5 heteroatoms. The molecule has 0 saturated heterocycles. The average Bonchev–Trinajstić information content (AvgIpc) is 2.16. The Morgan fingerprint density at radius 1 is 1.57 bits per heavy atom. The van der Waals surface area contributed by atoms with Gasteiger partial charge in [0.15, 0.2) is 5.69 Å². The maximum absolute atomic E-state index is 10.5. The fourth-order valence-electron chi connectivity index (χ4n) is 0.980. The summed E-state index contributed by atoms with van der Waals surface area (Å²) in [5.41, 5.74) is 0.428. The van der Waals surface area contributed by atoms with Crippen LogP contribution in [0.5, 0.6) is 0 Å². The molecule has 1 N–H and O–H groups in total. The molecule has 0 unspecified atom stereocenters. The minimum Gasteiger partial charge on any atom is -0.545 e. The van der Waals surface area contributed by atoms with Crippen LogP contribution < -0.4 is 56.5 Å². The van der Waals surface area contributed by atoms with Crippen LogP contribution in [-0.4, -0.2) is 11.1 Å². The van der Waals surface area contributed by atoms with Gasteiger partial charge in [0.1, 0.15) is 0 Å². The Labute approximate surface area is 124 Å². The topological polar surface area (TPSA) is 64.7 Å². The number of hydrogen-bond acceptors (Lipinski definition) is 3. The third-order valence-electron chi connectivity index (χ3n) is 1.61. The van der Waals surface area contributed by atoms with Gasteiger partial charge >= 0.3 is 51.4 Å². The van der Waals surface area contributed by atoms with E-state index in [2.05, 4.69) is 4.85 Å². The van der Waals surface area contributed by atoms with Crippen molar-refractivity contribution in [3.63, 3.8) is 0 Å². The second-order valence-corrected chi connectivity index (χ2v) is 2.40. The van der Waals surface area contributed by atoms with Crippen LogP contribution >= 0.6 is 0 Å². The maximum atomic E-state index is 10.5. The first-order valence-corrected chi connectivity index (χ1v) is 3.51. The Balaban J connectivity index is 0.00000169. The van der Waals surface area contributed by atoms with Gasteiger partial charge in [0.05, 0.1) is 19.1 Å². The van der Waals surface area contributed by atoms with Crippen LogP contribution in [0.4, 0.5) is 5.69 Å². The zero-order valence-electron chi connectivity index (χ0n) is 7.65. The van der Waals surface area contributed by atoms with Crippen LogP contribution in [0.25, 0.3) is 4.85 Å². The number of carboxylic acid groups (broad SMARTS) is 1. The molecule has 0 aromatic heterocycles. The van der Waals surface area contributed by atoms with Gasteiger partial charge in [-0.25, -0.2) is 4.85 Å². The van der Waals surface area contributed by atoms with Crippen LogP contribution in [0.3, 0.4) is 0 Å². The Bertz CT molecular complexity index is 384. The zero-order chi connectivity index (χ0) is 9.84. The summed E-state index contributed by atoms with van der Waals surface area (Å²) in [5, 5.41) is 19.3. The Kier molecular flexibility index (Phi) is 6.19. The Hall–Kier alpha value is -0.224. The van der Waals surface area contributed by atoms with Crippen molar-refractivity contribution >= 4 is 11.7 Å².